The fourth-order valence-electron chi connectivity index (χ4n) is 0.620. The minimum absolute atomic E-state index is 0.250. The van der Waals surface area contributed by atoms with Gasteiger partial charge in [-0.05, 0) is 6.92 Å². The molecule has 0 fully saturated rings. The van der Waals surface area contributed by atoms with Gasteiger partial charge in [0.25, 0.3) is 0 Å². The first-order chi connectivity index (χ1) is 6.54. The summed E-state index contributed by atoms with van der Waals surface area (Å²) in [6.45, 7) is 2.83. The summed E-state index contributed by atoms with van der Waals surface area (Å²) >= 11 is 3.95. The van der Waals surface area contributed by atoms with Crippen molar-refractivity contribution in [1.82, 2.24) is 5.32 Å². The molecule has 0 radical (unpaired) electrons. The monoisotopic (exact) mass is 219 g/mol. The van der Waals surface area contributed by atoms with E-state index in [0.717, 1.165) is 0 Å². The van der Waals surface area contributed by atoms with Crippen LogP contribution in [0.25, 0.3) is 0 Å². The van der Waals surface area contributed by atoms with Gasteiger partial charge in [-0.2, -0.15) is 12.6 Å². The second kappa shape index (κ2) is 6.80. The van der Waals surface area contributed by atoms with Crippen molar-refractivity contribution in [3.63, 3.8) is 0 Å². The Kier molecular flexibility index (Phi) is 6.52. The highest BCUT2D eigenvalue weighted by molar-refractivity contribution is 7.80. The van der Waals surface area contributed by atoms with Gasteiger partial charge in [0.15, 0.2) is 0 Å². The first-order valence-corrected chi connectivity index (χ1v) is 4.94. The lowest BCUT2D eigenvalue weighted by atomic mass is 10.1. The van der Waals surface area contributed by atoms with E-state index in [9.17, 15) is 4.79 Å². The number of hydrogen-bond donors (Lipinski definition) is 4. The van der Waals surface area contributed by atoms with E-state index in [1.54, 1.807) is 6.92 Å². The Labute approximate surface area is 89.3 Å². The van der Waals surface area contributed by atoms with Crippen molar-refractivity contribution in [2.75, 3.05) is 25.4 Å². The molecule has 0 aromatic rings. The van der Waals surface area contributed by atoms with E-state index in [1.807, 2.05) is 0 Å². The van der Waals surface area contributed by atoms with Crippen LogP contribution in [0, 0.1) is 5.41 Å². The van der Waals surface area contributed by atoms with Gasteiger partial charge in [-0.15, -0.1) is 0 Å². The number of ether oxygens (including phenoxy) is 1. The average molecular weight is 219 g/mol. The third kappa shape index (κ3) is 5.21. The summed E-state index contributed by atoms with van der Waals surface area (Å²) in [7, 11) is 0. The van der Waals surface area contributed by atoms with Gasteiger partial charge >= 0.3 is 5.97 Å². The highest BCUT2D eigenvalue weighted by Crippen LogP contribution is 2.03. The van der Waals surface area contributed by atoms with E-state index >= 15 is 0 Å². The molecule has 14 heavy (non-hydrogen) atoms. The van der Waals surface area contributed by atoms with E-state index in [2.05, 4.69) is 17.9 Å². The largest absolute Gasteiger partial charge is 0.463 e. The Bertz CT molecular complexity index is 197. The first-order valence-electron chi connectivity index (χ1n) is 4.31. The molecule has 0 spiro atoms. The molecule has 0 amide bonds. The van der Waals surface area contributed by atoms with Crippen LogP contribution in [-0.4, -0.2) is 43.2 Å². The second-order valence-electron chi connectivity index (χ2n) is 3.12. The molecule has 0 rings (SSSR count). The molecule has 5 nitrogen and oxygen atoms in total. The predicted octanol–water partition coefficient (Wildman–Crippen LogP) is -0.584. The van der Waals surface area contributed by atoms with Crippen molar-refractivity contribution < 1.29 is 9.53 Å². The van der Waals surface area contributed by atoms with Crippen LogP contribution < -0.4 is 11.1 Å². The highest BCUT2D eigenvalue weighted by atomic mass is 32.1. The molecule has 0 saturated carbocycles. The van der Waals surface area contributed by atoms with Crippen LogP contribution in [0.15, 0.2) is 0 Å². The van der Waals surface area contributed by atoms with Gasteiger partial charge in [0.2, 0.25) is 0 Å². The quantitative estimate of drug-likeness (QED) is 0.200. The molecule has 0 saturated heterocycles. The van der Waals surface area contributed by atoms with Crippen LogP contribution in [-0.2, 0) is 9.53 Å². The van der Waals surface area contributed by atoms with Gasteiger partial charge < -0.3 is 21.2 Å². The van der Waals surface area contributed by atoms with Crippen LogP contribution >= 0.6 is 12.6 Å². The zero-order valence-corrected chi connectivity index (χ0v) is 9.14. The van der Waals surface area contributed by atoms with Crippen molar-refractivity contribution in [2.45, 2.75) is 12.5 Å². The lowest BCUT2D eigenvalue weighted by Crippen LogP contribution is -2.48. The zero-order chi connectivity index (χ0) is 11.0. The molecule has 0 bridgehead atoms. The van der Waals surface area contributed by atoms with Crippen molar-refractivity contribution >= 4 is 24.8 Å². The van der Waals surface area contributed by atoms with Crippen molar-refractivity contribution in [1.29, 1.82) is 5.41 Å². The number of hydrogen-bond acceptors (Lipinski definition) is 6. The zero-order valence-electron chi connectivity index (χ0n) is 8.25. The van der Waals surface area contributed by atoms with E-state index in [0.29, 0.717) is 13.1 Å². The number of carbonyl (C=O) groups excluding carboxylic acids is 1. The van der Waals surface area contributed by atoms with E-state index < -0.39 is 11.5 Å². The van der Waals surface area contributed by atoms with Crippen LogP contribution in [0.3, 0.4) is 0 Å². The molecular weight excluding hydrogens is 202 g/mol. The summed E-state index contributed by atoms with van der Waals surface area (Å²) in [5.41, 5.74) is 4.57. The van der Waals surface area contributed by atoms with Crippen LogP contribution in [0.5, 0.6) is 0 Å². The summed E-state index contributed by atoms with van der Waals surface area (Å²) in [4.78, 5) is 11.3. The third-order valence-electron chi connectivity index (χ3n) is 1.55. The minimum Gasteiger partial charge on any atom is -0.463 e. The number of rotatable bonds is 7. The van der Waals surface area contributed by atoms with Gasteiger partial charge in [0.05, 0.1) is 0 Å². The van der Waals surface area contributed by atoms with Gasteiger partial charge in [-0.25, -0.2) is 0 Å². The lowest BCUT2D eigenvalue weighted by molar-refractivity contribution is -0.148. The van der Waals surface area contributed by atoms with Crippen molar-refractivity contribution in [2.24, 2.45) is 5.73 Å². The third-order valence-corrected chi connectivity index (χ3v) is 2.21. The molecule has 0 aliphatic rings. The number of nitrogens with two attached hydrogens (primary N) is 1. The number of esters is 1. The minimum atomic E-state index is -1.02. The molecule has 0 unspecified atom stereocenters. The summed E-state index contributed by atoms with van der Waals surface area (Å²) in [5.74, 6) is -0.205. The Hall–Kier alpha value is -0.590. The normalized spacial score (nSPS) is 14.5. The maximum Gasteiger partial charge on any atom is 0.326 e. The average Bonchev–Trinajstić information content (AvgIpc) is 2.17. The van der Waals surface area contributed by atoms with Crippen molar-refractivity contribution in [3.8, 4) is 0 Å². The predicted molar refractivity (Wildman–Crippen MR) is 59.1 cm³/mol. The Morgan fingerprint density at radius 3 is 2.93 bits per heavy atom. The molecule has 0 aliphatic heterocycles. The topological polar surface area (TPSA) is 88.2 Å². The summed E-state index contributed by atoms with van der Waals surface area (Å²) < 4.78 is 4.89. The number of carbonyl (C=O) groups is 1. The molecular formula is C8H17N3O2S. The molecule has 0 heterocycles. The van der Waals surface area contributed by atoms with Gasteiger partial charge in [-0.1, -0.05) is 0 Å². The van der Waals surface area contributed by atoms with Crippen LogP contribution in [0.4, 0.5) is 0 Å². The SMILES string of the molecule is C[C@@](N)(CS)C(=O)OCCNCC=N. The lowest BCUT2D eigenvalue weighted by Gasteiger charge is -2.19. The Morgan fingerprint density at radius 1 is 1.79 bits per heavy atom. The standard InChI is InChI=1S/C8H17N3O2S/c1-8(10,6-14)7(12)13-5-4-11-3-2-9/h2,9,11,14H,3-6,10H2,1H3/t8-/m1/s1. The molecule has 1 atom stereocenters. The van der Waals surface area contributed by atoms with Gasteiger partial charge in [-0.3, -0.25) is 4.79 Å². The van der Waals surface area contributed by atoms with Crippen LogP contribution in [0.1, 0.15) is 6.92 Å². The van der Waals surface area contributed by atoms with Crippen LogP contribution in [0.2, 0.25) is 0 Å². The van der Waals surface area contributed by atoms with Gasteiger partial charge in [0, 0.05) is 25.1 Å². The summed E-state index contributed by atoms with van der Waals surface area (Å²) in [6, 6.07) is 0. The summed E-state index contributed by atoms with van der Waals surface area (Å²) in [5, 5.41) is 9.61. The Morgan fingerprint density at radius 2 is 2.43 bits per heavy atom. The Balaban J connectivity index is 3.59. The fraction of sp³-hybridized carbons (Fsp3) is 0.750. The van der Waals surface area contributed by atoms with Crippen molar-refractivity contribution in [3.05, 3.63) is 0 Å². The maximum atomic E-state index is 11.3. The molecule has 0 aromatic carbocycles. The highest BCUT2D eigenvalue weighted by Gasteiger charge is 2.27. The molecule has 0 aliphatic carbocycles. The summed E-state index contributed by atoms with van der Waals surface area (Å²) in [6.07, 6.45) is 1.24. The first kappa shape index (κ1) is 13.4. The number of nitrogens with one attached hydrogen (secondary N) is 2. The molecule has 4 N–H and O–H groups in total. The maximum absolute atomic E-state index is 11.3. The molecule has 0 aromatic heterocycles. The number of thiol groups is 1. The molecule has 82 valence electrons. The second-order valence-corrected chi connectivity index (χ2v) is 3.44. The van der Waals surface area contributed by atoms with E-state index in [1.165, 1.54) is 6.21 Å². The van der Waals surface area contributed by atoms with E-state index in [4.69, 9.17) is 15.9 Å². The van der Waals surface area contributed by atoms with E-state index in [-0.39, 0.29) is 12.4 Å². The smallest absolute Gasteiger partial charge is 0.326 e. The molecule has 6 heteroatoms. The fourth-order valence-corrected chi connectivity index (χ4v) is 0.749. The van der Waals surface area contributed by atoms with Gasteiger partial charge in [0.1, 0.15) is 12.1 Å².